The summed E-state index contributed by atoms with van der Waals surface area (Å²) in [5.41, 5.74) is 2.10. The second-order valence-electron chi connectivity index (χ2n) is 5.35. The van der Waals surface area contributed by atoms with Gasteiger partial charge in [0.05, 0.1) is 5.69 Å². The number of carbonyl (C=O) groups is 2. The summed E-state index contributed by atoms with van der Waals surface area (Å²) in [6.07, 6.45) is 0. The van der Waals surface area contributed by atoms with E-state index in [0.29, 0.717) is 11.4 Å². The van der Waals surface area contributed by atoms with E-state index in [0.717, 1.165) is 5.56 Å². The quantitative estimate of drug-likeness (QED) is 0.881. The van der Waals surface area contributed by atoms with Gasteiger partial charge in [-0.3, -0.25) is 4.79 Å². The number of hydrogen-bond acceptors (Lipinski definition) is 4. The molecule has 0 aliphatic carbocycles. The van der Waals surface area contributed by atoms with Crippen LogP contribution in [0.5, 0.6) is 0 Å². The Kier molecular flexibility index (Phi) is 4.55. The maximum atomic E-state index is 12.1. The number of benzene rings is 1. The Balaban J connectivity index is 2.14. The fourth-order valence-corrected chi connectivity index (χ4v) is 2.13. The molecule has 0 unspecified atom stereocenters. The van der Waals surface area contributed by atoms with Crippen LogP contribution in [0.25, 0.3) is 0 Å². The van der Waals surface area contributed by atoms with E-state index < -0.39 is 5.97 Å². The molecule has 0 saturated heterocycles. The van der Waals surface area contributed by atoms with Crippen LogP contribution in [0.2, 0.25) is 0 Å². The van der Waals surface area contributed by atoms with Crippen LogP contribution < -0.4 is 5.32 Å². The zero-order chi connectivity index (χ0) is 16.3. The Bertz CT molecular complexity index is 689. The molecule has 22 heavy (non-hydrogen) atoms. The number of carboxylic acids is 1. The second-order valence-corrected chi connectivity index (χ2v) is 5.35. The van der Waals surface area contributed by atoms with E-state index in [1.807, 2.05) is 32.9 Å². The van der Waals surface area contributed by atoms with Gasteiger partial charge in [0.1, 0.15) is 6.54 Å². The number of carbonyl (C=O) groups excluding carboxylic acids is 1. The van der Waals surface area contributed by atoms with Crippen molar-refractivity contribution in [2.24, 2.45) is 0 Å². The minimum absolute atomic E-state index is 0.0817. The number of aromatic nitrogens is 3. The standard InChI is InChI=1S/C15H18N4O3/c1-9(2)14-13(15(21)22)17-18-19(14)8-12(20)16-11-6-4-10(3)5-7-11/h4-7,9H,8H2,1-3H3,(H,16,20)(H,21,22). The normalized spacial score (nSPS) is 10.7. The Labute approximate surface area is 128 Å². The molecule has 0 fully saturated rings. The first kappa shape index (κ1) is 15.7. The van der Waals surface area contributed by atoms with E-state index in [1.165, 1.54) is 4.68 Å². The summed E-state index contributed by atoms with van der Waals surface area (Å²) in [6.45, 7) is 5.55. The first-order valence-electron chi connectivity index (χ1n) is 6.91. The molecular weight excluding hydrogens is 284 g/mol. The number of carboxylic acid groups (broad SMARTS) is 1. The topological polar surface area (TPSA) is 97.1 Å². The third-order valence-electron chi connectivity index (χ3n) is 3.15. The molecule has 1 heterocycles. The summed E-state index contributed by atoms with van der Waals surface area (Å²) < 4.78 is 1.33. The number of aryl methyl sites for hydroxylation is 1. The monoisotopic (exact) mass is 302 g/mol. The number of rotatable bonds is 5. The largest absolute Gasteiger partial charge is 0.476 e. The molecule has 1 aromatic heterocycles. The first-order chi connectivity index (χ1) is 10.4. The van der Waals surface area contributed by atoms with Crippen LogP contribution in [-0.4, -0.2) is 32.0 Å². The zero-order valence-corrected chi connectivity index (χ0v) is 12.7. The highest BCUT2D eigenvalue weighted by Crippen LogP contribution is 2.17. The van der Waals surface area contributed by atoms with Gasteiger partial charge in [-0.05, 0) is 25.0 Å². The predicted octanol–water partition coefficient (Wildman–Crippen LogP) is 2.05. The number of hydrogen-bond donors (Lipinski definition) is 2. The summed E-state index contributed by atoms with van der Waals surface area (Å²) in [5, 5.41) is 19.3. The molecule has 116 valence electrons. The van der Waals surface area contributed by atoms with Gasteiger partial charge in [-0.15, -0.1) is 5.10 Å². The first-order valence-corrected chi connectivity index (χ1v) is 6.91. The van der Waals surface area contributed by atoms with Crippen LogP contribution in [0.4, 0.5) is 5.69 Å². The van der Waals surface area contributed by atoms with Crippen molar-refractivity contribution in [2.45, 2.75) is 33.2 Å². The number of anilines is 1. The van der Waals surface area contributed by atoms with Gasteiger partial charge < -0.3 is 10.4 Å². The molecule has 2 aromatic rings. The lowest BCUT2D eigenvalue weighted by atomic mass is 10.1. The van der Waals surface area contributed by atoms with Crippen molar-refractivity contribution < 1.29 is 14.7 Å². The summed E-state index contributed by atoms with van der Waals surface area (Å²) in [4.78, 5) is 23.2. The molecule has 0 radical (unpaired) electrons. The fraction of sp³-hybridized carbons (Fsp3) is 0.333. The van der Waals surface area contributed by atoms with Crippen LogP contribution in [0.3, 0.4) is 0 Å². The van der Waals surface area contributed by atoms with Gasteiger partial charge in [0.25, 0.3) is 0 Å². The SMILES string of the molecule is Cc1ccc(NC(=O)Cn2nnc(C(=O)O)c2C(C)C)cc1. The van der Waals surface area contributed by atoms with Crippen molar-refractivity contribution >= 4 is 17.6 Å². The van der Waals surface area contributed by atoms with Gasteiger partial charge >= 0.3 is 5.97 Å². The maximum Gasteiger partial charge on any atom is 0.358 e. The molecule has 1 amide bonds. The number of amides is 1. The Hall–Kier alpha value is -2.70. The van der Waals surface area contributed by atoms with Crippen LogP contribution in [-0.2, 0) is 11.3 Å². The van der Waals surface area contributed by atoms with Crippen LogP contribution in [0.15, 0.2) is 24.3 Å². The van der Waals surface area contributed by atoms with Gasteiger partial charge in [0.15, 0.2) is 5.69 Å². The summed E-state index contributed by atoms with van der Waals surface area (Å²) in [7, 11) is 0. The minimum Gasteiger partial charge on any atom is -0.476 e. The molecule has 2 rings (SSSR count). The average Bonchev–Trinajstić information content (AvgIpc) is 2.85. The Morgan fingerprint density at radius 3 is 2.45 bits per heavy atom. The number of nitrogens with zero attached hydrogens (tertiary/aromatic N) is 3. The zero-order valence-electron chi connectivity index (χ0n) is 12.7. The summed E-state index contributed by atoms with van der Waals surface area (Å²) >= 11 is 0. The maximum absolute atomic E-state index is 12.1. The molecule has 0 aliphatic rings. The Morgan fingerprint density at radius 2 is 1.91 bits per heavy atom. The van der Waals surface area contributed by atoms with Gasteiger partial charge in [-0.25, -0.2) is 9.48 Å². The number of nitrogens with one attached hydrogen (secondary N) is 1. The Morgan fingerprint density at radius 1 is 1.27 bits per heavy atom. The molecule has 2 N–H and O–H groups in total. The molecule has 0 saturated carbocycles. The lowest BCUT2D eigenvalue weighted by Gasteiger charge is -2.10. The van der Waals surface area contributed by atoms with E-state index in [-0.39, 0.29) is 24.1 Å². The van der Waals surface area contributed by atoms with Crippen molar-refractivity contribution in [3.63, 3.8) is 0 Å². The molecule has 0 aliphatic heterocycles. The summed E-state index contributed by atoms with van der Waals surface area (Å²) in [5.74, 6) is -1.53. The highest BCUT2D eigenvalue weighted by atomic mass is 16.4. The molecule has 0 bridgehead atoms. The molecule has 7 heteroatoms. The van der Waals surface area contributed by atoms with Gasteiger partial charge in [0, 0.05) is 5.69 Å². The van der Waals surface area contributed by atoms with Crippen molar-refractivity contribution in [3.05, 3.63) is 41.2 Å². The van der Waals surface area contributed by atoms with E-state index >= 15 is 0 Å². The smallest absolute Gasteiger partial charge is 0.358 e. The molecule has 0 spiro atoms. The van der Waals surface area contributed by atoms with Crippen molar-refractivity contribution in [1.82, 2.24) is 15.0 Å². The fourth-order valence-electron chi connectivity index (χ4n) is 2.13. The van der Waals surface area contributed by atoms with Crippen molar-refractivity contribution in [3.8, 4) is 0 Å². The van der Waals surface area contributed by atoms with Crippen LogP contribution in [0, 0.1) is 6.92 Å². The third-order valence-corrected chi connectivity index (χ3v) is 3.15. The lowest BCUT2D eigenvalue weighted by molar-refractivity contribution is -0.117. The average molecular weight is 302 g/mol. The lowest BCUT2D eigenvalue weighted by Crippen LogP contribution is -2.21. The third kappa shape index (κ3) is 3.49. The molecular formula is C15H18N4O3. The summed E-state index contributed by atoms with van der Waals surface area (Å²) in [6, 6.07) is 7.40. The highest BCUT2D eigenvalue weighted by Gasteiger charge is 2.22. The van der Waals surface area contributed by atoms with E-state index in [1.54, 1.807) is 12.1 Å². The minimum atomic E-state index is -1.14. The van der Waals surface area contributed by atoms with Gasteiger partial charge in [0.2, 0.25) is 5.91 Å². The molecule has 7 nitrogen and oxygen atoms in total. The number of aromatic carboxylic acids is 1. The van der Waals surface area contributed by atoms with Crippen LogP contribution >= 0.6 is 0 Å². The van der Waals surface area contributed by atoms with Crippen LogP contribution in [0.1, 0.15) is 41.5 Å². The predicted molar refractivity (Wildman–Crippen MR) is 80.9 cm³/mol. The van der Waals surface area contributed by atoms with Crippen molar-refractivity contribution in [1.29, 1.82) is 0 Å². The molecule has 0 atom stereocenters. The van der Waals surface area contributed by atoms with Crippen molar-refractivity contribution in [2.75, 3.05) is 5.32 Å². The highest BCUT2D eigenvalue weighted by molar-refractivity contribution is 5.91. The molecule has 1 aromatic carbocycles. The van der Waals surface area contributed by atoms with E-state index in [4.69, 9.17) is 5.11 Å². The van der Waals surface area contributed by atoms with E-state index in [9.17, 15) is 9.59 Å². The van der Waals surface area contributed by atoms with Gasteiger partial charge in [-0.1, -0.05) is 36.8 Å². The van der Waals surface area contributed by atoms with Gasteiger partial charge in [-0.2, -0.15) is 0 Å². The van der Waals surface area contributed by atoms with E-state index in [2.05, 4.69) is 15.6 Å². The second kappa shape index (κ2) is 6.38.